The van der Waals surface area contributed by atoms with Gasteiger partial charge in [0.25, 0.3) is 0 Å². The van der Waals surface area contributed by atoms with Crippen molar-refractivity contribution < 1.29 is 9.53 Å². The largest absolute Gasteiger partial charge is 0.466 e. The molecule has 1 aromatic carbocycles. The maximum absolute atomic E-state index is 11.3. The van der Waals surface area contributed by atoms with E-state index in [9.17, 15) is 4.79 Å². The van der Waals surface area contributed by atoms with Crippen molar-refractivity contribution in [2.75, 3.05) is 6.61 Å². The van der Waals surface area contributed by atoms with Crippen LogP contribution in [0.1, 0.15) is 18.1 Å². The minimum Gasteiger partial charge on any atom is -0.466 e. The average Bonchev–Trinajstić information content (AvgIpc) is 2.14. The van der Waals surface area contributed by atoms with Crippen molar-refractivity contribution in [2.24, 2.45) is 0 Å². The van der Waals surface area contributed by atoms with Crippen LogP contribution in [0.5, 0.6) is 0 Å². The summed E-state index contributed by atoms with van der Waals surface area (Å²) in [7, 11) is 0. The molecule has 1 rings (SSSR count). The van der Waals surface area contributed by atoms with Crippen LogP contribution in [0.25, 0.3) is 0 Å². The molecule has 0 radical (unpaired) electrons. The summed E-state index contributed by atoms with van der Waals surface area (Å²) >= 11 is 11.7. The van der Waals surface area contributed by atoms with Crippen molar-refractivity contribution in [3.63, 3.8) is 0 Å². The summed E-state index contributed by atoms with van der Waals surface area (Å²) in [5.74, 6) is -0.251. The highest BCUT2D eigenvalue weighted by Gasteiger charge is 2.09. The lowest BCUT2D eigenvalue weighted by Crippen LogP contribution is -2.08. The number of hydrogen-bond donors (Lipinski definition) is 0. The third-order valence-electron chi connectivity index (χ3n) is 2.02. The molecule has 82 valence electrons. The van der Waals surface area contributed by atoms with E-state index in [0.29, 0.717) is 16.7 Å². The van der Waals surface area contributed by atoms with Gasteiger partial charge in [0.05, 0.1) is 23.1 Å². The van der Waals surface area contributed by atoms with E-state index in [0.717, 1.165) is 11.1 Å². The highest BCUT2D eigenvalue weighted by Crippen LogP contribution is 2.25. The van der Waals surface area contributed by atoms with Gasteiger partial charge in [-0.15, -0.1) is 0 Å². The average molecular weight is 247 g/mol. The quantitative estimate of drug-likeness (QED) is 0.765. The number of carbonyl (C=O) groups excluding carboxylic acids is 1. The van der Waals surface area contributed by atoms with Gasteiger partial charge in [-0.2, -0.15) is 0 Å². The first-order valence-electron chi connectivity index (χ1n) is 4.64. The Hall–Kier alpha value is -0.730. The molecule has 0 fully saturated rings. The van der Waals surface area contributed by atoms with E-state index in [1.807, 2.05) is 6.92 Å². The Labute approximate surface area is 99.1 Å². The van der Waals surface area contributed by atoms with E-state index in [4.69, 9.17) is 27.9 Å². The summed E-state index contributed by atoms with van der Waals surface area (Å²) < 4.78 is 4.86. The first-order valence-corrected chi connectivity index (χ1v) is 5.40. The predicted molar refractivity (Wildman–Crippen MR) is 61.5 cm³/mol. The zero-order valence-corrected chi connectivity index (χ0v) is 10.2. The topological polar surface area (TPSA) is 26.3 Å². The molecule has 4 heteroatoms. The summed E-state index contributed by atoms with van der Waals surface area (Å²) in [4.78, 5) is 11.3. The van der Waals surface area contributed by atoms with Gasteiger partial charge in [-0.1, -0.05) is 23.2 Å². The fraction of sp³-hybridized carbons (Fsp3) is 0.364. The van der Waals surface area contributed by atoms with Gasteiger partial charge in [0.2, 0.25) is 0 Å². The van der Waals surface area contributed by atoms with Crippen LogP contribution in [0.3, 0.4) is 0 Å². The molecular formula is C11H12Cl2O2. The molecule has 1 aromatic rings. The Morgan fingerprint density at radius 1 is 1.33 bits per heavy atom. The number of benzene rings is 1. The van der Waals surface area contributed by atoms with Crippen LogP contribution in [0, 0.1) is 6.92 Å². The van der Waals surface area contributed by atoms with Gasteiger partial charge in [0, 0.05) is 0 Å². The lowest BCUT2D eigenvalue weighted by molar-refractivity contribution is -0.142. The van der Waals surface area contributed by atoms with Gasteiger partial charge in [-0.05, 0) is 37.1 Å². The molecule has 0 spiro atoms. The first kappa shape index (κ1) is 12.3. The van der Waals surface area contributed by atoms with Crippen LogP contribution in [0.2, 0.25) is 10.0 Å². The number of ether oxygens (including phenoxy) is 1. The Bertz CT molecular complexity index is 375. The van der Waals surface area contributed by atoms with E-state index in [-0.39, 0.29) is 12.4 Å². The van der Waals surface area contributed by atoms with Crippen LogP contribution in [0.4, 0.5) is 0 Å². The molecule has 0 aromatic heterocycles. The van der Waals surface area contributed by atoms with Crippen LogP contribution in [-0.2, 0) is 16.0 Å². The molecular weight excluding hydrogens is 235 g/mol. The monoisotopic (exact) mass is 246 g/mol. The number of hydrogen-bond acceptors (Lipinski definition) is 2. The lowest BCUT2D eigenvalue weighted by atomic mass is 10.1. The van der Waals surface area contributed by atoms with Crippen molar-refractivity contribution in [3.8, 4) is 0 Å². The fourth-order valence-electron chi connectivity index (χ4n) is 1.25. The van der Waals surface area contributed by atoms with Crippen LogP contribution < -0.4 is 0 Å². The molecule has 0 aliphatic heterocycles. The van der Waals surface area contributed by atoms with E-state index in [1.165, 1.54) is 0 Å². The zero-order chi connectivity index (χ0) is 11.4. The Morgan fingerprint density at radius 3 is 2.53 bits per heavy atom. The number of esters is 1. The van der Waals surface area contributed by atoms with Crippen molar-refractivity contribution in [1.82, 2.24) is 0 Å². The number of halogens is 2. The maximum atomic E-state index is 11.3. The summed E-state index contributed by atoms with van der Waals surface area (Å²) in [6, 6.07) is 3.45. The zero-order valence-electron chi connectivity index (χ0n) is 8.64. The molecule has 0 N–H and O–H groups in total. The molecule has 0 unspecified atom stereocenters. The van der Waals surface area contributed by atoms with Crippen molar-refractivity contribution in [2.45, 2.75) is 20.3 Å². The standard InChI is InChI=1S/C11H12Cl2O2/c1-3-15-11(14)6-8-5-10(13)9(12)4-7(8)2/h4-5H,3,6H2,1-2H3. The minimum atomic E-state index is -0.251. The molecule has 0 bridgehead atoms. The summed E-state index contributed by atoms with van der Waals surface area (Å²) in [6.07, 6.45) is 0.233. The Morgan fingerprint density at radius 2 is 1.93 bits per heavy atom. The molecule has 0 atom stereocenters. The lowest BCUT2D eigenvalue weighted by Gasteiger charge is -2.07. The van der Waals surface area contributed by atoms with Crippen LogP contribution in [0.15, 0.2) is 12.1 Å². The Kier molecular flexibility index (Phi) is 4.43. The summed E-state index contributed by atoms with van der Waals surface area (Å²) in [5, 5.41) is 0.961. The van der Waals surface area contributed by atoms with Gasteiger partial charge in [-0.3, -0.25) is 4.79 Å². The van der Waals surface area contributed by atoms with Gasteiger partial charge in [-0.25, -0.2) is 0 Å². The second-order valence-electron chi connectivity index (χ2n) is 3.17. The summed E-state index contributed by atoms with van der Waals surface area (Å²) in [6.45, 7) is 4.05. The third kappa shape index (κ3) is 3.40. The number of rotatable bonds is 3. The molecule has 0 heterocycles. The normalized spacial score (nSPS) is 10.1. The first-order chi connectivity index (χ1) is 7.04. The van der Waals surface area contributed by atoms with Crippen LogP contribution in [-0.4, -0.2) is 12.6 Å². The van der Waals surface area contributed by atoms with Gasteiger partial charge in [0.1, 0.15) is 0 Å². The van der Waals surface area contributed by atoms with Crippen molar-refractivity contribution in [1.29, 1.82) is 0 Å². The number of aryl methyl sites for hydroxylation is 1. The molecule has 2 nitrogen and oxygen atoms in total. The SMILES string of the molecule is CCOC(=O)Cc1cc(Cl)c(Cl)cc1C. The Balaban J connectivity index is 2.86. The van der Waals surface area contributed by atoms with Gasteiger partial charge in [0.15, 0.2) is 0 Å². The van der Waals surface area contributed by atoms with Crippen LogP contribution >= 0.6 is 23.2 Å². The second-order valence-corrected chi connectivity index (χ2v) is 3.99. The number of carbonyl (C=O) groups is 1. The molecule has 15 heavy (non-hydrogen) atoms. The molecule has 0 amide bonds. The van der Waals surface area contributed by atoms with E-state index >= 15 is 0 Å². The second kappa shape index (κ2) is 5.38. The smallest absolute Gasteiger partial charge is 0.310 e. The predicted octanol–water partition coefficient (Wildman–Crippen LogP) is 3.41. The molecule has 0 saturated carbocycles. The van der Waals surface area contributed by atoms with E-state index < -0.39 is 0 Å². The molecule has 0 aliphatic rings. The van der Waals surface area contributed by atoms with Gasteiger partial charge < -0.3 is 4.74 Å². The fourth-order valence-corrected chi connectivity index (χ4v) is 1.65. The summed E-state index contributed by atoms with van der Waals surface area (Å²) in [5.41, 5.74) is 1.79. The van der Waals surface area contributed by atoms with Crippen molar-refractivity contribution in [3.05, 3.63) is 33.3 Å². The maximum Gasteiger partial charge on any atom is 0.310 e. The van der Waals surface area contributed by atoms with Gasteiger partial charge >= 0.3 is 5.97 Å². The third-order valence-corrected chi connectivity index (χ3v) is 2.74. The van der Waals surface area contributed by atoms with E-state index in [1.54, 1.807) is 19.1 Å². The highest BCUT2D eigenvalue weighted by atomic mass is 35.5. The molecule has 0 aliphatic carbocycles. The van der Waals surface area contributed by atoms with Crippen molar-refractivity contribution >= 4 is 29.2 Å². The van der Waals surface area contributed by atoms with E-state index in [2.05, 4.69) is 0 Å². The minimum absolute atomic E-state index is 0.233. The highest BCUT2D eigenvalue weighted by molar-refractivity contribution is 6.42. The molecule has 0 saturated heterocycles.